The van der Waals surface area contributed by atoms with E-state index in [1.165, 1.54) is 25.0 Å². The molecular weight excluding hydrogens is 241 g/mol. The van der Waals surface area contributed by atoms with Gasteiger partial charge in [0.25, 0.3) is 0 Å². The van der Waals surface area contributed by atoms with Crippen molar-refractivity contribution in [2.24, 2.45) is 11.8 Å². The van der Waals surface area contributed by atoms with Gasteiger partial charge in [0.2, 0.25) is 0 Å². The van der Waals surface area contributed by atoms with Crippen LogP contribution in [0.25, 0.3) is 11.0 Å². The Morgan fingerprint density at radius 1 is 1.37 bits per heavy atom. The zero-order valence-corrected chi connectivity index (χ0v) is 11.4. The quantitative estimate of drug-likeness (QED) is 0.869. The van der Waals surface area contributed by atoms with Crippen LogP contribution in [0.1, 0.15) is 38.5 Å². The molecule has 0 bridgehead atoms. The molecule has 1 aromatic carbocycles. The topological polar surface area (TPSA) is 25.2 Å². The number of halogens is 1. The average molecular weight is 261 g/mol. The molecule has 0 spiro atoms. The highest BCUT2D eigenvalue weighted by atomic mass is 19.1. The molecule has 1 N–H and O–H groups in total. The number of benzene rings is 1. The maximum absolute atomic E-state index is 13.2. The van der Waals surface area contributed by atoms with Gasteiger partial charge in [-0.2, -0.15) is 0 Å². The van der Waals surface area contributed by atoms with Crippen molar-refractivity contribution in [1.29, 1.82) is 0 Å². The summed E-state index contributed by atoms with van der Waals surface area (Å²) >= 11 is 0. The summed E-state index contributed by atoms with van der Waals surface area (Å²) in [4.78, 5) is 0. The molecule has 2 nitrogen and oxygen atoms in total. The van der Waals surface area contributed by atoms with Crippen molar-refractivity contribution in [3.8, 4) is 0 Å². The van der Waals surface area contributed by atoms with Crippen LogP contribution in [-0.4, -0.2) is 6.54 Å². The van der Waals surface area contributed by atoms with Gasteiger partial charge in [0.15, 0.2) is 0 Å². The van der Waals surface area contributed by atoms with Crippen LogP contribution in [0.3, 0.4) is 0 Å². The highest BCUT2D eigenvalue weighted by molar-refractivity contribution is 5.78. The van der Waals surface area contributed by atoms with E-state index in [2.05, 4.69) is 19.2 Å². The third-order valence-corrected chi connectivity index (χ3v) is 4.12. The SMILES string of the molecule is CCNC(c1cc2cc(F)ccc2o1)C(C)C1CC1. The lowest BCUT2D eigenvalue weighted by Crippen LogP contribution is -2.27. The molecule has 1 fully saturated rings. The molecule has 2 aromatic rings. The van der Waals surface area contributed by atoms with Crippen LogP contribution in [0.2, 0.25) is 0 Å². The van der Waals surface area contributed by atoms with Crippen molar-refractivity contribution in [3.63, 3.8) is 0 Å². The molecule has 1 aromatic heterocycles. The summed E-state index contributed by atoms with van der Waals surface area (Å²) in [7, 11) is 0. The molecule has 2 unspecified atom stereocenters. The maximum Gasteiger partial charge on any atom is 0.134 e. The number of hydrogen-bond donors (Lipinski definition) is 1. The third-order valence-electron chi connectivity index (χ3n) is 4.12. The van der Waals surface area contributed by atoms with Gasteiger partial charge in [-0.25, -0.2) is 4.39 Å². The summed E-state index contributed by atoms with van der Waals surface area (Å²) in [6.07, 6.45) is 2.63. The molecule has 0 saturated heterocycles. The molecule has 3 rings (SSSR count). The lowest BCUT2D eigenvalue weighted by molar-refractivity contribution is 0.310. The first-order valence-corrected chi connectivity index (χ1v) is 7.11. The maximum atomic E-state index is 13.2. The van der Waals surface area contributed by atoms with Crippen molar-refractivity contribution in [3.05, 3.63) is 35.8 Å². The Bertz CT molecular complexity index is 573. The van der Waals surface area contributed by atoms with Crippen molar-refractivity contribution >= 4 is 11.0 Å². The number of fused-ring (bicyclic) bond motifs is 1. The monoisotopic (exact) mass is 261 g/mol. The Hall–Kier alpha value is -1.35. The Kier molecular flexibility index (Phi) is 3.31. The van der Waals surface area contributed by atoms with E-state index in [1.54, 1.807) is 6.07 Å². The van der Waals surface area contributed by atoms with Crippen molar-refractivity contribution in [2.75, 3.05) is 6.54 Å². The molecule has 1 saturated carbocycles. The summed E-state index contributed by atoms with van der Waals surface area (Å²) in [5, 5.41) is 4.36. The van der Waals surface area contributed by atoms with Crippen LogP contribution < -0.4 is 5.32 Å². The van der Waals surface area contributed by atoms with Crippen LogP contribution in [0, 0.1) is 17.7 Å². The van der Waals surface area contributed by atoms with Crippen LogP contribution in [0.4, 0.5) is 4.39 Å². The largest absolute Gasteiger partial charge is 0.459 e. The van der Waals surface area contributed by atoms with Gasteiger partial charge in [-0.05, 0) is 55.5 Å². The Balaban J connectivity index is 1.94. The first-order valence-electron chi connectivity index (χ1n) is 7.11. The van der Waals surface area contributed by atoms with E-state index in [0.29, 0.717) is 5.92 Å². The van der Waals surface area contributed by atoms with Crippen LogP contribution in [-0.2, 0) is 0 Å². The van der Waals surface area contributed by atoms with Crippen molar-refractivity contribution in [2.45, 2.75) is 32.7 Å². The van der Waals surface area contributed by atoms with Gasteiger partial charge in [-0.3, -0.25) is 0 Å². The molecule has 1 aliphatic carbocycles. The van der Waals surface area contributed by atoms with Gasteiger partial charge in [-0.1, -0.05) is 13.8 Å². The van der Waals surface area contributed by atoms with Crippen LogP contribution >= 0.6 is 0 Å². The van der Waals surface area contributed by atoms with Gasteiger partial charge in [0.1, 0.15) is 17.2 Å². The molecule has 3 heteroatoms. The average Bonchev–Trinajstić information content (AvgIpc) is 3.15. The molecule has 0 radical (unpaired) electrons. The molecule has 0 amide bonds. The number of furan rings is 1. The summed E-state index contributed by atoms with van der Waals surface area (Å²) in [6, 6.07) is 6.90. The standard InChI is InChI=1S/C16H20FNO/c1-3-18-16(10(2)11-4-5-11)15-9-12-8-13(17)6-7-14(12)19-15/h6-11,16,18H,3-5H2,1-2H3. The molecule has 2 atom stereocenters. The predicted molar refractivity (Wildman–Crippen MR) is 74.5 cm³/mol. The third kappa shape index (κ3) is 2.52. The first kappa shape index (κ1) is 12.7. The molecule has 102 valence electrons. The van der Waals surface area contributed by atoms with E-state index < -0.39 is 0 Å². The predicted octanol–water partition coefficient (Wildman–Crippen LogP) is 4.27. The second-order valence-electron chi connectivity index (χ2n) is 5.56. The van der Waals surface area contributed by atoms with E-state index >= 15 is 0 Å². The first-order chi connectivity index (χ1) is 9.19. The number of nitrogens with one attached hydrogen (secondary N) is 1. The van der Waals surface area contributed by atoms with Gasteiger partial charge < -0.3 is 9.73 Å². The van der Waals surface area contributed by atoms with Crippen LogP contribution in [0.5, 0.6) is 0 Å². The lowest BCUT2D eigenvalue weighted by Gasteiger charge is -2.22. The molecule has 0 aliphatic heterocycles. The fraction of sp³-hybridized carbons (Fsp3) is 0.500. The van der Waals surface area contributed by atoms with Crippen molar-refractivity contribution in [1.82, 2.24) is 5.32 Å². The minimum Gasteiger partial charge on any atom is -0.459 e. The van der Waals surface area contributed by atoms with E-state index in [0.717, 1.165) is 29.2 Å². The minimum atomic E-state index is -0.213. The highest BCUT2D eigenvalue weighted by Crippen LogP contribution is 2.43. The van der Waals surface area contributed by atoms with Gasteiger partial charge in [-0.15, -0.1) is 0 Å². The Morgan fingerprint density at radius 2 is 2.16 bits per heavy atom. The minimum absolute atomic E-state index is 0.213. The Labute approximate surface area is 113 Å². The zero-order valence-electron chi connectivity index (χ0n) is 11.4. The smallest absolute Gasteiger partial charge is 0.134 e. The number of rotatable bonds is 5. The molecule has 19 heavy (non-hydrogen) atoms. The summed E-state index contributed by atoms with van der Waals surface area (Å²) < 4.78 is 19.1. The summed E-state index contributed by atoms with van der Waals surface area (Å²) in [6.45, 7) is 5.29. The van der Waals surface area contributed by atoms with Gasteiger partial charge >= 0.3 is 0 Å². The van der Waals surface area contributed by atoms with E-state index in [4.69, 9.17) is 4.42 Å². The highest BCUT2D eigenvalue weighted by Gasteiger charge is 2.35. The number of hydrogen-bond acceptors (Lipinski definition) is 2. The second kappa shape index (κ2) is 4.97. The van der Waals surface area contributed by atoms with E-state index in [1.807, 2.05) is 6.07 Å². The summed E-state index contributed by atoms with van der Waals surface area (Å²) in [5.74, 6) is 2.08. The zero-order chi connectivity index (χ0) is 13.4. The normalized spacial score (nSPS) is 18.7. The fourth-order valence-corrected chi connectivity index (χ4v) is 2.85. The van der Waals surface area contributed by atoms with Gasteiger partial charge in [0, 0.05) is 5.39 Å². The summed E-state index contributed by atoms with van der Waals surface area (Å²) in [5.41, 5.74) is 0.766. The fourth-order valence-electron chi connectivity index (χ4n) is 2.85. The van der Waals surface area contributed by atoms with E-state index in [9.17, 15) is 4.39 Å². The van der Waals surface area contributed by atoms with Gasteiger partial charge in [0.05, 0.1) is 6.04 Å². The Morgan fingerprint density at radius 3 is 2.84 bits per heavy atom. The van der Waals surface area contributed by atoms with E-state index in [-0.39, 0.29) is 11.9 Å². The van der Waals surface area contributed by atoms with Crippen LogP contribution in [0.15, 0.2) is 28.7 Å². The second-order valence-corrected chi connectivity index (χ2v) is 5.56. The van der Waals surface area contributed by atoms with Crippen molar-refractivity contribution < 1.29 is 8.81 Å². The molecule has 1 heterocycles. The molecular formula is C16H20FNO. The molecule has 1 aliphatic rings. The lowest BCUT2D eigenvalue weighted by atomic mass is 9.94.